The Labute approximate surface area is 339 Å². The molecule has 4 aromatic rings. The van der Waals surface area contributed by atoms with Crippen LogP contribution < -0.4 is 31.7 Å². The van der Waals surface area contributed by atoms with Gasteiger partial charge in [-0.15, -0.1) is 0 Å². The van der Waals surface area contributed by atoms with Crippen LogP contribution in [0.3, 0.4) is 0 Å². The van der Waals surface area contributed by atoms with Gasteiger partial charge in [0.25, 0.3) is 11.8 Å². The molecule has 1 aromatic heterocycles. The number of carbonyl (C=O) groups is 6. The fraction of sp³-hybridized carbons (Fsp3) is 0.409. The van der Waals surface area contributed by atoms with Gasteiger partial charge in [-0.1, -0.05) is 80.6 Å². The number of unbranched alkanes of at least 4 members (excludes halogenated alkanes) is 1. The molecule has 1 saturated heterocycles. The maximum absolute atomic E-state index is 14.7. The molecule has 14 heteroatoms. The highest BCUT2D eigenvalue weighted by Crippen LogP contribution is 2.22. The predicted octanol–water partition coefficient (Wildman–Crippen LogP) is 3.30. The van der Waals surface area contributed by atoms with Crippen LogP contribution in [0.4, 0.5) is 0 Å². The highest BCUT2D eigenvalue weighted by atomic mass is 16.5. The molecule has 0 saturated carbocycles. The quantitative estimate of drug-likeness (QED) is 0.0613. The van der Waals surface area contributed by atoms with Gasteiger partial charge in [-0.25, -0.2) is 0 Å². The zero-order valence-electron chi connectivity index (χ0n) is 33.2. The number of imide groups is 1. The number of nitrogens with zero attached hydrogens (tertiary/aromatic N) is 1. The van der Waals surface area contributed by atoms with Gasteiger partial charge in [-0.3, -0.25) is 33.7 Å². The van der Waals surface area contributed by atoms with Crippen LogP contribution in [0.1, 0.15) is 63.5 Å². The van der Waals surface area contributed by atoms with E-state index in [9.17, 15) is 28.8 Å². The van der Waals surface area contributed by atoms with Gasteiger partial charge in [-0.2, -0.15) is 0 Å². The number of nitrogens with one attached hydrogen (secondary N) is 5. The number of hydrogen-bond acceptors (Lipinski definition) is 8. The molecule has 0 spiro atoms. The average Bonchev–Trinajstić information content (AvgIpc) is 3.64. The van der Waals surface area contributed by atoms with Crippen molar-refractivity contribution in [1.82, 2.24) is 31.2 Å². The molecule has 5 rings (SSSR count). The first-order valence-electron chi connectivity index (χ1n) is 20.0. The number of aromatic amines is 1. The molecule has 308 valence electrons. The average molecular weight is 794 g/mol. The van der Waals surface area contributed by atoms with Crippen LogP contribution in [0.5, 0.6) is 5.75 Å². The molecule has 4 atom stereocenters. The van der Waals surface area contributed by atoms with Gasteiger partial charge < -0.3 is 36.7 Å². The Balaban J connectivity index is 1.44. The summed E-state index contributed by atoms with van der Waals surface area (Å²) in [7, 11) is 0. The van der Waals surface area contributed by atoms with Crippen LogP contribution in [0.25, 0.3) is 10.9 Å². The van der Waals surface area contributed by atoms with Crippen molar-refractivity contribution in [3.63, 3.8) is 0 Å². The van der Waals surface area contributed by atoms with Crippen molar-refractivity contribution in [2.45, 2.75) is 89.4 Å². The van der Waals surface area contributed by atoms with Gasteiger partial charge in [-0.05, 0) is 73.9 Å². The van der Waals surface area contributed by atoms with Gasteiger partial charge in [0.15, 0.2) is 6.61 Å². The number of fused-ring (bicyclic) bond motifs is 1. The van der Waals surface area contributed by atoms with E-state index in [1.807, 2.05) is 50.2 Å². The standard InChI is InChI=1S/C44H55N7O7/c1-29(2)22-24-46-41(54)36(26-31-27-47-34-18-10-9-17-33(31)34)49-43(56)38(19-11-12-23-45)51-40(53)21-20-35(48-39(52)28-58-32-15-7-4-8-16-32)42(55)50-37(44(51)57)25-30-13-5-3-6-14-30/h3-10,13-18,27,29,35-38,47H,11-12,19-26,28,45H2,1-2H3,(H,46,54)(H,48,52)(H,49,56)(H,50,55)/t35-,36+,37-,38+/m1/s1. The summed E-state index contributed by atoms with van der Waals surface area (Å²) in [5, 5.41) is 12.2. The Kier molecular flexibility index (Phi) is 16.0. The van der Waals surface area contributed by atoms with E-state index in [1.54, 1.807) is 54.7 Å². The monoisotopic (exact) mass is 793 g/mol. The molecule has 3 aromatic carbocycles. The fourth-order valence-corrected chi connectivity index (χ4v) is 6.96. The molecular formula is C44H55N7O7. The zero-order valence-corrected chi connectivity index (χ0v) is 33.2. The third-order valence-corrected chi connectivity index (χ3v) is 10.1. The number of hydrogen-bond donors (Lipinski definition) is 6. The minimum absolute atomic E-state index is 0.00552. The minimum atomic E-state index is -1.33. The van der Waals surface area contributed by atoms with Crippen LogP contribution in [0.2, 0.25) is 0 Å². The van der Waals surface area contributed by atoms with E-state index in [0.717, 1.165) is 27.8 Å². The first kappa shape index (κ1) is 43.1. The van der Waals surface area contributed by atoms with E-state index in [1.165, 1.54) is 0 Å². The third-order valence-electron chi connectivity index (χ3n) is 10.1. The van der Waals surface area contributed by atoms with Crippen LogP contribution in [0, 0.1) is 5.92 Å². The SMILES string of the molecule is CC(C)CCNC(=O)[C@H](Cc1c[nH]c2ccccc12)NC(=O)[C@H](CCCCN)N1C(=O)CC[C@@H](NC(=O)COc2ccccc2)C(=O)N[C@H](Cc2ccccc2)C1=O. The molecule has 6 amide bonds. The van der Waals surface area contributed by atoms with E-state index < -0.39 is 59.6 Å². The Bertz CT molecular complexity index is 2000. The minimum Gasteiger partial charge on any atom is -0.484 e. The normalized spacial score (nSPS) is 17.1. The number of nitrogens with two attached hydrogens (primary N) is 1. The van der Waals surface area contributed by atoms with Gasteiger partial charge in [0.1, 0.15) is 29.9 Å². The number of aromatic nitrogens is 1. The van der Waals surface area contributed by atoms with Gasteiger partial charge in [0.2, 0.25) is 23.6 Å². The van der Waals surface area contributed by atoms with Gasteiger partial charge >= 0.3 is 0 Å². The number of benzene rings is 3. The molecule has 1 aliphatic rings. The largest absolute Gasteiger partial charge is 0.484 e. The number of ether oxygens (including phenoxy) is 1. The summed E-state index contributed by atoms with van der Waals surface area (Å²) in [5.74, 6) is -3.00. The number of amides is 6. The summed E-state index contributed by atoms with van der Waals surface area (Å²) in [6, 6.07) is 20.5. The lowest BCUT2D eigenvalue weighted by atomic mass is 10.00. The lowest BCUT2D eigenvalue weighted by Gasteiger charge is -2.33. The molecule has 58 heavy (non-hydrogen) atoms. The van der Waals surface area contributed by atoms with Gasteiger partial charge in [0.05, 0.1) is 0 Å². The second-order valence-electron chi connectivity index (χ2n) is 15.0. The summed E-state index contributed by atoms with van der Waals surface area (Å²) in [5.41, 5.74) is 8.22. The molecule has 0 radical (unpaired) electrons. The molecule has 1 aliphatic heterocycles. The molecule has 14 nitrogen and oxygen atoms in total. The van der Waals surface area contributed by atoms with E-state index >= 15 is 0 Å². The molecule has 1 fully saturated rings. The van der Waals surface area contributed by atoms with E-state index in [2.05, 4.69) is 26.3 Å². The summed E-state index contributed by atoms with van der Waals surface area (Å²) in [4.78, 5) is 88.4. The Morgan fingerprint density at radius 2 is 1.60 bits per heavy atom. The Morgan fingerprint density at radius 3 is 2.33 bits per heavy atom. The van der Waals surface area contributed by atoms with Gasteiger partial charge in [0, 0.05) is 42.9 Å². The molecule has 0 bridgehead atoms. The smallest absolute Gasteiger partial charge is 0.258 e. The second-order valence-corrected chi connectivity index (χ2v) is 15.0. The summed E-state index contributed by atoms with van der Waals surface area (Å²) < 4.78 is 5.56. The van der Waals surface area contributed by atoms with Crippen LogP contribution in [-0.2, 0) is 41.6 Å². The molecule has 0 aliphatic carbocycles. The Hall–Kier alpha value is -6.02. The van der Waals surface area contributed by atoms with Crippen molar-refractivity contribution in [3.05, 3.63) is 102 Å². The Morgan fingerprint density at radius 1 is 0.897 bits per heavy atom. The lowest BCUT2D eigenvalue weighted by Crippen LogP contribution is -2.60. The number of para-hydroxylation sites is 2. The van der Waals surface area contributed by atoms with Crippen LogP contribution in [0.15, 0.2) is 91.1 Å². The number of H-pyrrole nitrogens is 1. The lowest BCUT2D eigenvalue weighted by molar-refractivity contribution is -0.154. The molecule has 0 unspecified atom stereocenters. The van der Waals surface area contributed by atoms with E-state index in [4.69, 9.17) is 10.5 Å². The summed E-state index contributed by atoms with van der Waals surface area (Å²) >= 11 is 0. The van der Waals surface area contributed by atoms with E-state index in [0.29, 0.717) is 43.2 Å². The third kappa shape index (κ3) is 12.2. The maximum Gasteiger partial charge on any atom is 0.258 e. The maximum atomic E-state index is 14.7. The summed E-state index contributed by atoms with van der Waals surface area (Å²) in [6.45, 7) is 4.44. The summed E-state index contributed by atoms with van der Waals surface area (Å²) in [6.07, 6.45) is 3.17. The first-order chi connectivity index (χ1) is 28.0. The van der Waals surface area contributed by atoms with Crippen molar-refractivity contribution < 1.29 is 33.5 Å². The second kappa shape index (κ2) is 21.5. The van der Waals surface area contributed by atoms with Crippen molar-refractivity contribution in [2.24, 2.45) is 11.7 Å². The van der Waals surface area contributed by atoms with Crippen LogP contribution >= 0.6 is 0 Å². The predicted molar refractivity (Wildman–Crippen MR) is 220 cm³/mol. The van der Waals surface area contributed by atoms with Crippen molar-refractivity contribution >= 4 is 46.3 Å². The zero-order chi connectivity index (χ0) is 41.4. The number of carbonyl (C=O) groups excluding carboxylic acids is 6. The molecule has 7 N–H and O–H groups in total. The van der Waals surface area contributed by atoms with Crippen LogP contribution in [-0.4, -0.2) is 89.2 Å². The number of rotatable bonds is 19. The molecular weight excluding hydrogens is 739 g/mol. The van der Waals surface area contributed by atoms with Crippen molar-refractivity contribution in [1.29, 1.82) is 0 Å². The molecule has 2 heterocycles. The topological polar surface area (TPSA) is 205 Å². The first-order valence-corrected chi connectivity index (χ1v) is 20.0. The highest BCUT2D eigenvalue weighted by molar-refractivity contribution is 6.05. The highest BCUT2D eigenvalue weighted by Gasteiger charge is 2.41. The van der Waals surface area contributed by atoms with Crippen molar-refractivity contribution in [3.8, 4) is 5.75 Å². The van der Waals surface area contributed by atoms with Crippen molar-refractivity contribution in [2.75, 3.05) is 19.7 Å². The fourth-order valence-electron chi connectivity index (χ4n) is 6.96. The van der Waals surface area contributed by atoms with E-state index in [-0.39, 0.29) is 38.7 Å².